The maximum absolute atomic E-state index is 12.9. The van der Waals surface area contributed by atoms with Crippen LogP contribution in [0.25, 0.3) is 0 Å². The molecule has 7 nitrogen and oxygen atoms in total. The fourth-order valence-corrected chi connectivity index (χ4v) is 4.10. The molecule has 31 heavy (non-hydrogen) atoms. The normalized spacial score (nSPS) is 24.1. The van der Waals surface area contributed by atoms with E-state index in [4.69, 9.17) is 14.6 Å². The van der Waals surface area contributed by atoms with E-state index in [0.717, 1.165) is 55.7 Å². The molecule has 1 aliphatic carbocycles. The molecule has 1 aromatic heterocycles. The van der Waals surface area contributed by atoms with Gasteiger partial charge >= 0.3 is 12.1 Å². The second-order valence-corrected chi connectivity index (χ2v) is 8.52. The van der Waals surface area contributed by atoms with Crippen LogP contribution in [0.5, 0.6) is 0 Å². The van der Waals surface area contributed by atoms with Gasteiger partial charge in [0.25, 0.3) is 5.91 Å². The molecule has 10 heteroatoms. The molecule has 3 fully saturated rings. The quantitative estimate of drug-likeness (QED) is 0.773. The summed E-state index contributed by atoms with van der Waals surface area (Å²) >= 11 is 0. The molecular formula is C21H28F3N3O4. The molecule has 1 N–H and O–H groups in total. The lowest BCUT2D eigenvalue weighted by atomic mass is 10.1. The van der Waals surface area contributed by atoms with Crippen molar-refractivity contribution < 1.29 is 32.6 Å². The van der Waals surface area contributed by atoms with Gasteiger partial charge in [0.1, 0.15) is 0 Å². The number of aromatic nitrogens is 1. The highest BCUT2D eigenvalue weighted by Crippen LogP contribution is 2.32. The molecule has 3 heterocycles. The molecular weight excluding hydrogens is 415 g/mol. The van der Waals surface area contributed by atoms with E-state index in [1.54, 1.807) is 0 Å². The highest BCUT2D eigenvalue weighted by atomic mass is 19.4. The highest BCUT2D eigenvalue weighted by Gasteiger charge is 2.40. The van der Waals surface area contributed by atoms with Crippen molar-refractivity contribution in [3.63, 3.8) is 0 Å². The van der Waals surface area contributed by atoms with Gasteiger partial charge in [0.15, 0.2) is 0 Å². The number of nitrogens with zero attached hydrogens (tertiary/aromatic N) is 3. The number of carboxylic acids is 1. The third-order valence-corrected chi connectivity index (χ3v) is 5.68. The number of hydrogen-bond acceptors (Lipinski definition) is 5. The molecule has 1 amide bonds. The number of rotatable bonds is 3. The summed E-state index contributed by atoms with van der Waals surface area (Å²) in [6.45, 7) is 9.53. The molecule has 0 unspecified atom stereocenters. The van der Waals surface area contributed by atoms with Crippen molar-refractivity contribution in [3.8, 4) is 0 Å². The molecule has 3 aliphatic rings. The van der Waals surface area contributed by atoms with Gasteiger partial charge in [-0.3, -0.25) is 9.78 Å². The minimum atomic E-state index is -5.08. The minimum Gasteiger partial charge on any atom is -0.475 e. The van der Waals surface area contributed by atoms with Crippen molar-refractivity contribution in [2.75, 3.05) is 39.3 Å². The summed E-state index contributed by atoms with van der Waals surface area (Å²) in [4.78, 5) is 30.7. The summed E-state index contributed by atoms with van der Waals surface area (Å²) in [5, 5.41) is 7.12. The van der Waals surface area contributed by atoms with Crippen LogP contribution >= 0.6 is 0 Å². The molecule has 0 spiro atoms. The van der Waals surface area contributed by atoms with Crippen LogP contribution in [-0.2, 0) is 9.53 Å². The summed E-state index contributed by atoms with van der Waals surface area (Å²) in [7, 11) is 0. The summed E-state index contributed by atoms with van der Waals surface area (Å²) in [5.41, 5.74) is 2.56. The maximum atomic E-state index is 12.9. The number of halogens is 3. The van der Waals surface area contributed by atoms with Gasteiger partial charge in [-0.1, -0.05) is 0 Å². The van der Waals surface area contributed by atoms with E-state index < -0.39 is 12.1 Å². The molecule has 1 aromatic rings. The fraction of sp³-hybridized carbons (Fsp3) is 0.667. The van der Waals surface area contributed by atoms with Gasteiger partial charge in [-0.25, -0.2) is 4.79 Å². The van der Waals surface area contributed by atoms with E-state index in [-0.39, 0.29) is 12.0 Å². The predicted molar refractivity (Wildman–Crippen MR) is 106 cm³/mol. The first-order valence-electron chi connectivity index (χ1n) is 10.4. The molecule has 0 aromatic carbocycles. The van der Waals surface area contributed by atoms with Crippen molar-refractivity contribution in [1.82, 2.24) is 14.8 Å². The van der Waals surface area contributed by atoms with Crippen molar-refractivity contribution in [3.05, 3.63) is 29.1 Å². The van der Waals surface area contributed by atoms with Crippen LogP contribution in [0.15, 0.2) is 12.1 Å². The standard InChI is InChI=1S/C19H27N3O2.C2HF3O2/c1-13-7-16(8-14(2)20-13)19(23)22-11-17-10-21(9-15-3-4-15)5-6-24-18(17)12-22;3-2(4,5)1(6)7/h7-8,15,17-18H,3-6,9-12H2,1-2H3;(H,6,7)/t17-,18+;/m0./s1. The second kappa shape index (κ2) is 9.52. The Morgan fingerprint density at radius 2 is 1.77 bits per heavy atom. The monoisotopic (exact) mass is 443 g/mol. The first-order valence-corrected chi connectivity index (χ1v) is 10.4. The number of carbonyl (C=O) groups is 2. The number of ether oxygens (including phenoxy) is 1. The lowest BCUT2D eigenvalue weighted by molar-refractivity contribution is -0.192. The van der Waals surface area contributed by atoms with E-state index in [9.17, 15) is 18.0 Å². The van der Waals surface area contributed by atoms with E-state index in [0.29, 0.717) is 5.92 Å². The van der Waals surface area contributed by atoms with Crippen molar-refractivity contribution in [1.29, 1.82) is 0 Å². The first-order chi connectivity index (χ1) is 14.5. The molecule has 0 radical (unpaired) electrons. The largest absolute Gasteiger partial charge is 0.490 e. The molecule has 0 bridgehead atoms. The molecule has 172 valence electrons. The number of hydrogen-bond donors (Lipinski definition) is 1. The van der Waals surface area contributed by atoms with Gasteiger partial charge in [0, 0.05) is 55.6 Å². The number of carbonyl (C=O) groups excluding carboxylic acids is 1. The zero-order chi connectivity index (χ0) is 22.8. The van der Waals surface area contributed by atoms with Crippen molar-refractivity contribution in [2.24, 2.45) is 11.8 Å². The molecule has 4 rings (SSSR count). The number of likely N-dealkylation sites (tertiary alicyclic amines) is 1. The third-order valence-electron chi connectivity index (χ3n) is 5.68. The van der Waals surface area contributed by atoms with Gasteiger partial charge in [0.05, 0.1) is 12.7 Å². The number of alkyl halides is 3. The Labute approximate surface area is 179 Å². The predicted octanol–water partition coefficient (Wildman–Crippen LogP) is 2.51. The average Bonchev–Trinajstić information content (AvgIpc) is 3.42. The van der Waals surface area contributed by atoms with Gasteiger partial charge in [-0.2, -0.15) is 13.2 Å². The lowest BCUT2D eigenvalue weighted by Crippen LogP contribution is -2.35. The SMILES string of the molecule is Cc1cc(C(=O)N2C[C@@H]3CN(CC4CC4)CCO[C@@H]3C2)cc(C)n1.O=C(O)C(F)(F)F. The van der Waals surface area contributed by atoms with E-state index >= 15 is 0 Å². The average molecular weight is 443 g/mol. The van der Waals surface area contributed by atoms with E-state index in [2.05, 4.69) is 9.88 Å². The summed E-state index contributed by atoms with van der Waals surface area (Å²) < 4.78 is 37.8. The van der Waals surface area contributed by atoms with Crippen LogP contribution in [0.2, 0.25) is 0 Å². The van der Waals surface area contributed by atoms with Crippen LogP contribution in [0, 0.1) is 25.7 Å². The van der Waals surface area contributed by atoms with Crippen LogP contribution in [0.3, 0.4) is 0 Å². The second-order valence-electron chi connectivity index (χ2n) is 8.52. The van der Waals surface area contributed by atoms with Crippen molar-refractivity contribution >= 4 is 11.9 Å². The fourth-order valence-electron chi connectivity index (χ4n) is 4.10. The highest BCUT2D eigenvalue weighted by molar-refractivity contribution is 5.94. The van der Waals surface area contributed by atoms with Gasteiger partial charge in [-0.15, -0.1) is 0 Å². The number of aryl methyl sites for hydroxylation is 2. The zero-order valence-corrected chi connectivity index (χ0v) is 17.7. The molecule has 2 saturated heterocycles. The van der Waals surface area contributed by atoms with Gasteiger partial charge < -0.3 is 19.6 Å². The third kappa shape index (κ3) is 6.64. The van der Waals surface area contributed by atoms with Crippen LogP contribution in [0.1, 0.15) is 34.6 Å². The lowest BCUT2D eigenvalue weighted by Gasteiger charge is -2.23. The number of pyridine rings is 1. The first kappa shape index (κ1) is 23.5. The summed E-state index contributed by atoms with van der Waals surface area (Å²) in [5.74, 6) is -1.29. The molecule has 2 aliphatic heterocycles. The number of amides is 1. The smallest absolute Gasteiger partial charge is 0.475 e. The van der Waals surface area contributed by atoms with Gasteiger partial charge in [-0.05, 0) is 44.7 Å². The summed E-state index contributed by atoms with van der Waals surface area (Å²) in [6.07, 6.45) is -2.12. The summed E-state index contributed by atoms with van der Waals surface area (Å²) in [6, 6.07) is 3.79. The Balaban J connectivity index is 0.000000339. The number of fused-ring (bicyclic) bond motifs is 1. The van der Waals surface area contributed by atoms with E-state index in [1.807, 2.05) is 30.9 Å². The number of aliphatic carboxylic acids is 1. The maximum Gasteiger partial charge on any atom is 0.490 e. The Morgan fingerprint density at radius 3 is 2.32 bits per heavy atom. The topological polar surface area (TPSA) is 83.0 Å². The van der Waals surface area contributed by atoms with E-state index in [1.165, 1.54) is 19.4 Å². The Hall–Kier alpha value is -2.20. The Kier molecular flexibility index (Phi) is 7.20. The Morgan fingerprint density at radius 1 is 1.16 bits per heavy atom. The molecule has 2 atom stereocenters. The Bertz CT molecular complexity index is 793. The van der Waals surface area contributed by atoms with Crippen LogP contribution in [-0.4, -0.2) is 83.4 Å². The molecule has 1 saturated carbocycles. The van der Waals surface area contributed by atoms with Crippen LogP contribution in [0.4, 0.5) is 13.2 Å². The zero-order valence-electron chi connectivity index (χ0n) is 17.7. The van der Waals surface area contributed by atoms with Crippen LogP contribution < -0.4 is 0 Å². The van der Waals surface area contributed by atoms with Crippen molar-refractivity contribution in [2.45, 2.75) is 39.0 Å². The minimum absolute atomic E-state index is 0.119. The van der Waals surface area contributed by atoms with Gasteiger partial charge in [0.2, 0.25) is 0 Å². The number of carboxylic acid groups (broad SMARTS) is 1.